The van der Waals surface area contributed by atoms with Crippen LogP contribution in [0.15, 0.2) is 35.3 Å². The first-order valence-corrected chi connectivity index (χ1v) is 6.98. The van der Waals surface area contributed by atoms with Gasteiger partial charge in [0.1, 0.15) is 0 Å². The summed E-state index contributed by atoms with van der Waals surface area (Å²) in [5, 5.41) is 8.11. The zero-order valence-corrected chi connectivity index (χ0v) is 12.9. The number of amides is 3. The van der Waals surface area contributed by atoms with Crippen LogP contribution in [0.5, 0.6) is 0 Å². The van der Waals surface area contributed by atoms with Gasteiger partial charge in [-0.25, -0.2) is 4.79 Å². The molecule has 0 radical (unpaired) electrons. The average Bonchev–Trinajstić information content (AvgIpc) is 2.38. The summed E-state index contributed by atoms with van der Waals surface area (Å²) in [6.45, 7) is 6.04. The quantitative estimate of drug-likeness (QED) is 0.744. The number of benzene rings is 1. The van der Waals surface area contributed by atoms with Crippen molar-refractivity contribution in [3.8, 4) is 0 Å². The third-order valence-electron chi connectivity index (χ3n) is 2.41. The molecular weight excluding hydrogens is 322 g/mol. The molecular formula is C14H18BrN3O2. The van der Waals surface area contributed by atoms with Gasteiger partial charge in [-0.15, -0.1) is 0 Å². The topological polar surface area (TPSA) is 70.2 Å². The molecule has 20 heavy (non-hydrogen) atoms. The molecule has 1 rings (SSSR count). The second-order valence-corrected chi connectivity index (χ2v) is 5.38. The lowest BCUT2D eigenvalue weighted by molar-refractivity contribution is -0.114. The molecule has 1 aromatic carbocycles. The fourth-order valence-electron chi connectivity index (χ4n) is 1.52. The molecule has 0 aliphatic carbocycles. The molecule has 0 aliphatic heterocycles. The minimum absolute atomic E-state index is 0.0931. The van der Waals surface area contributed by atoms with Gasteiger partial charge in [0.05, 0.1) is 6.54 Å². The van der Waals surface area contributed by atoms with Gasteiger partial charge < -0.3 is 16.0 Å². The Morgan fingerprint density at radius 1 is 1.20 bits per heavy atom. The maximum Gasteiger partial charge on any atom is 0.315 e. The number of carbonyl (C=O) groups excluding carboxylic acids is 2. The third-order valence-corrected chi connectivity index (χ3v) is 2.69. The van der Waals surface area contributed by atoms with Gasteiger partial charge in [0.15, 0.2) is 0 Å². The summed E-state index contributed by atoms with van der Waals surface area (Å²) in [5.74, 6) is -0.0931. The number of urea groups is 1. The molecule has 0 saturated heterocycles. The minimum atomic E-state index is -0.222. The van der Waals surface area contributed by atoms with Gasteiger partial charge in [-0.3, -0.25) is 4.79 Å². The zero-order chi connectivity index (χ0) is 15.0. The Bertz CT molecular complexity index is 486. The molecule has 6 heteroatoms. The van der Waals surface area contributed by atoms with E-state index in [0.29, 0.717) is 13.1 Å². The number of carbonyl (C=O) groups is 2. The van der Waals surface area contributed by atoms with Crippen LogP contribution in [0.1, 0.15) is 12.5 Å². The SMILES string of the molecule is C=C(Br)CNC(=O)NCCc1ccc(NC(C)=O)cc1. The van der Waals surface area contributed by atoms with Crippen molar-refractivity contribution in [2.45, 2.75) is 13.3 Å². The molecule has 0 heterocycles. The monoisotopic (exact) mass is 339 g/mol. The lowest BCUT2D eigenvalue weighted by atomic mass is 10.1. The highest BCUT2D eigenvalue weighted by Crippen LogP contribution is 2.09. The van der Waals surface area contributed by atoms with Crippen LogP contribution >= 0.6 is 15.9 Å². The summed E-state index contributed by atoms with van der Waals surface area (Å²) in [6.07, 6.45) is 0.725. The molecule has 108 valence electrons. The second kappa shape index (κ2) is 8.37. The summed E-state index contributed by atoms with van der Waals surface area (Å²) in [5.41, 5.74) is 1.85. The number of hydrogen-bond donors (Lipinski definition) is 3. The van der Waals surface area contributed by atoms with Crippen molar-refractivity contribution in [3.63, 3.8) is 0 Å². The van der Waals surface area contributed by atoms with Crippen LogP contribution in [0.4, 0.5) is 10.5 Å². The molecule has 3 N–H and O–H groups in total. The number of rotatable bonds is 6. The van der Waals surface area contributed by atoms with E-state index in [1.165, 1.54) is 6.92 Å². The molecule has 0 aromatic heterocycles. The second-order valence-electron chi connectivity index (χ2n) is 4.25. The molecule has 0 aliphatic rings. The number of anilines is 1. The Morgan fingerprint density at radius 2 is 1.85 bits per heavy atom. The molecule has 1 aromatic rings. The van der Waals surface area contributed by atoms with Gasteiger partial charge in [-0.05, 0) is 24.1 Å². The van der Waals surface area contributed by atoms with Gasteiger partial charge in [0.25, 0.3) is 0 Å². The lowest BCUT2D eigenvalue weighted by Crippen LogP contribution is -2.37. The summed E-state index contributed by atoms with van der Waals surface area (Å²) in [7, 11) is 0. The predicted octanol–water partition coefficient (Wildman–Crippen LogP) is 2.40. The normalized spacial score (nSPS) is 9.70. The largest absolute Gasteiger partial charge is 0.338 e. The Kier molecular flexibility index (Phi) is 6.79. The predicted molar refractivity (Wildman–Crippen MR) is 83.9 cm³/mol. The van der Waals surface area contributed by atoms with E-state index >= 15 is 0 Å². The van der Waals surface area contributed by atoms with E-state index < -0.39 is 0 Å². The summed E-state index contributed by atoms with van der Waals surface area (Å²) in [4.78, 5) is 22.3. The van der Waals surface area contributed by atoms with Crippen LogP contribution in [-0.2, 0) is 11.2 Å². The van der Waals surface area contributed by atoms with Gasteiger partial charge in [0, 0.05) is 23.6 Å². The fraction of sp³-hybridized carbons (Fsp3) is 0.286. The van der Waals surface area contributed by atoms with Crippen molar-refractivity contribution in [3.05, 3.63) is 40.9 Å². The van der Waals surface area contributed by atoms with E-state index in [4.69, 9.17) is 0 Å². The van der Waals surface area contributed by atoms with Crippen LogP contribution in [0.2, 0.25) is 0 Å². The number of hydrogen-bond acceptors (Lipinski definition) is 2. The van der Waals surface area contributed by atoms with Gasteiger partial charge in [0.2, 0.25) is 5.91 Å². The molecule has 5 nitrogen and oxygen atoms in total. The van der Waals surface area contributed by atoms with Crippen molar-refractivity contribution >= 4 is 33.6 Å². The van der Waals surface area contributed by atoms with E-state index in [2.05, 4.69) is 38.5 Å². The minimum Gasteiger partial charge on any atom is -0.338 e. The highest BCUT2D eigenvalue weighted by atomic mass is 79.9. The van der Waals surface area contributed by atoms with Crippen molar-refractivity contribution < 1.29 is 9.59 Å². The highest BCUT2D eigenvalue weighted by Gasteiger charge is 2.00. The van der Waals surface area contributed by atoms with Crippen molar-refractivity contribution in [1.82, 2.24) is 10.6 Å². The van der Waals surface area contributed by atoms with Crippen molar-refractivity contribution in [2.75, 3.05) is 18.4 Å². The lowest BCUT2D eigenvalue weighted by Gasteiger charge is -2.07. The maximum absolute atomic E-state index is 11.4. The average molecular weight is 340 g/mol. The van der Waals surface area contributed by atoms with Gasteiger partial charge in [-0.2, -0.15) is 0 Å². The first kappa shape index (κ1) is 16.2. The molecule has 0 saturated carbocycles. The number of halogens is 1. The number of nitrogens with one attached hydrogen (secondary N) is 3. The molecule has 0 unspecified atom stereocenters. The molecule has 0 atom stereocenters. The Morgan fingerprint density at radius 3 is 2.40 bits per heavy atom. The summed E-state index contributed by atoms with van der Waals surface area (Å²) >= 11 is 3.16. The molecule has 3 amide bonds. The van der Waals surface area contributed by atoms with Crippen LogP contribution < -0.4 is 16.0 Å². The zero-order valence-electron chi connectivity index (χ0n) is 11.3. The first-order chi connectivity index (χ1) is 9.47. The van der Waals surface area contributed by atoms with Gasteiger partial charge in [-0.1, -0.05) is 34.6 Å². The van der Waals surface area contributed by atoms with Crippen molar-refractivity contribution in [1.29, 1.82) is 0 Å². The Balaban J connectivity index is 2.29. The Labute approximate surface area is 127 Å². The maximum atomic E-state index is 11.4. The van der Waals surface area contributed by atoms with E-state index in [0.717, 1.165) is 22.2 Å². The standard InChI is InChI=1S/C14H18BrN3O2/c1-10(15)9-17-14(20)16-8-7-12-3-5-13(6-4-12)18-11(2)19/h3-6H,1,7-9H2,2H3,(H,18,19)(H2,16,17,20). The van der Waals surface area contributed by atoms with Crippen LogP contribution in [0.25, 0.3) is 0 Å². The van der Waals surface area contributed by atoms with Crippen LogP contribution in [0, 0.1) is 0 Å². The summed E-state index contributed by atoms with van der Waals surface area (Å²) < 4.78 is 0.723. The first-order valence-electron chi connectivity index (χ1n) is 6.19. The third kappa shape index (κ3) is 6.94. The van der Waals surface area contributed by atoms with E-state index in [1.54, 1.807) is 0 Å². The van der Waals surface area contributed by atoms with E-state index in [1.807, 2.05) is 24.3 Å². The molecule has 0 fully saturated rings. The van der Waals surface area contributed by atoms with Crippen LogP contribution in [-0.4, -0.2) is 25.0 Å². The highest BCUT2D eigenvalue weighted by molar-refractivity contribution is 9.11. The van der Waals surface area contributed by atoms with E-state index in [-0.39, 0.29) is 11.9 Å². The van der Waals surface area contributed by atoms with Crippen molar-refractivity contribution in [2.24, 2.45) is 0 Å². The molecule has 0 bridgehead atoms. The van der Waals surface area contributed by atoms with Crippen LogP contribution in [0.3, 0.4) is 0 Å². The summed E-state index contributed by atoms with van der Waals surface area (Å²) in [6, 6.07) is 7.30. The Hall–Kier alpha value is -1.82. The molecule has 0 spiro atoms. The van der Waals surface area contributed by atoms with Gasteiger partial charge >= 0.3 is 6.03 Å². The van der Waals surface area contributed by atoms with E-state index in [9.17, 15) is 9.59 Å². The fourth-order valence-corrected chi connectivity index (χ4v) is 1.66. The smallest absolute Gasteiger partial charge is 0.315 e.